The van der Waals surface area contributed by atoms with Crippen molar-refractivity contribution in [2.75, 3.05) is 32.1 Å². The van der Waals surface area contributed by atoms with Gasteiger partial charge in [0.15, 0.2) is 5.82 Å². The molecule has 1 aliphatic carbocycles. The normalized spacial score (nSPS) is 19.0. The van der Waals surface area contributed by atoms with Gasteiger partial charge in [0.05, 0.1) is 52.4 Å². The Morgan fingerprint density at radius 2 is 1.83 bits per heavy atom. The smallest absolute Gasteiger partial charge is 0.410 e. The highest BCUT2D eigenvalue weighted by atomic mass is 35.5. The number of amides is 3. The Bertz CT molecular complexity index is 2280. The first-order valence-electron chi connectivity index (χ1n) is 19.8. The molecular formula is C43H49Cl2N7O7. The van der Waals surface area contributed by atoms with Crippen molar-refractivity contribution in [2.24, 2.45) is 18.9 Å². The Balaban J connectivity index is 1.08. The number of carbonyl (C=O) groups excluding carboxylic acids is 3. The van der Waals surface area contributed by atoms with Crippen LogP contribution >= 0.6 is 23.2 Å². The third-order valence-corrected chi connectivity index (χ3v) is 12.0. The molecule has 1 saturated carbocycles. The minimum Gasteiger partial charge on any atom is -0.496 e. The van der Waals surface area contributed by atoms with Gasteiger partial charge in [0, 0.05) is 80.6 Å². The van der Waals surface area contributed by atoms with Crippen molar-refractivity contribution < 1.29 is 33.8 Å². The highest BCUT2D eigenvalue weighted by molar-refractivity contribution is 6.39. The van der Waals surface area contributed by atoms with Gasteiger partial charge in [-0.25, -0.2) is 9.78 Å². The van der Waals surface area contributed by atoms with Gasteiger partial charge in [-0.05, 0) is 64.2 Å². The average Bonchev–Trinajstić information content (AvgIpc) is 3.74. The molecule has 0 spiro atoms. The molecular weight excluding hydrogens is 797 g/mol. The molecule has 2 aromatic carbocycles. The molecule has 3 amide bonds. The molecule has 59 heavy (non-hydrogen) atoms. The number of rotatable bonds is 12. The van der Waals surface area contributed by atoms with Gasteiger partial charge in [0.2, 0.25) is 5.91 Å². The number of carboxylic acids is 1. The lowest BCUT2D eigenvalue weighted by Gasteiger charge is -2.37. The van der Waals surface area contributed by atoms with E-state index in [0.29, 0.717) is 88.4 Å². The minimum atomic E-state index is -0.719. The number of hydrogen-bond acceptors (Lipinski definition) is 9. The highest BCUT2D eigenvalue weighted by Gasteiger charge is 2.36. The van der Waals surface area contributed by atoms with Crippen molar-refractivity contribution in [3.05, 3.63) is 81.5 Å². The van der Waals surface area contributed by atoms with Crippen LogP contribution in [-0.4, -0.2) is 91.7 Å². The largest absolute Gasteiger partial charge is 0.496 e. The van der Waals surface area contributed by atoms with E-state index < -0.39 is 23.6 Å². The maximum absolute atomic E-state index is 13.7. The van der Waals surface area contributed by atoms with Crippen molar-refractivity contribution in [1.82, 2.24) is 29.7 Å². The summed E-state index contributed by atoms with van der Waals surface area (Å²) in [5, 5.41) is 15.8. The number of methoxy groups -OCH3 is 1. The number of carbonyl (C=O) groups is 4. The Labute approximate surface area is 353 Å². The van der Waals surface area contributed by atoms with Crippen LogP contribution in [0.2, 0.25) is 10.0 Å². The van der Waals surface area contributed by atoms with Crippen LogP contribution in [0, 0.1) is 11.8 Å². The molecule has 0 unspecified atom stereocenters. The lowest BCUT2D eigenvalue weighted by molar-refractivity contribution is -0.146. The number of nitrogens with one attached hydrogen (secondary N) is 2. The zero-order valence-corrected chi connectivity index (χ0v) is 35.3. The van der Waals surface area contributed by atoms with Crippen LogP contribution in [0.4, 0.5) is 10.5 Å². The molecule has 3 aliphatic rings. The van der Waals surface area contributed by atoms with Crippen molar-refractivity contribution >= 4 is 52.8 Å². The number of ether oxygens (including phenoxy) is 2. The zero-order valence-electron chi connectivity index (χ0n) is 33.8. The summed E-state index contributed by atoms with van der Waals surface area (Å²) in [4.78, 5) is 63.4. The monoisotopic (exact) mass is 845 g/mol. The first kappa shape index (κ1) is 42.0. The van der Waals surface area contributed by atoms with E-state index in [9.17, 15) is 24.3 Å². The lowest BCUT2D eigenvalue weighted by atomic mass is 9.74. The summed E-state index contributed by atoms with van der Waals surface area (Å²) in [6.07, 6.45) is 4.28. The molecule has 1 atom stereocenters. The fraction of sp³-hybridized carbons (Fsp3) is 0.442. The topological polar surface area (TPSA) is 168 Å². The summed E-state index contributed by atoms with van der Waals surface area (Å²) in [6.45, 7) is 8.14. The number of fused-ring (bicyclic) bond motifs is 1. The van der Waals surface area contributed by atoms with Crippen LogP contribution in [0.5, 0.6) is 5.75 Å². The molecule has 16 heteroatoms. The first-order valence-corrected chi connectivity index (χ1v) is 20.5. The molecule has 4 aromatic rings. The molecule has 4 heterocycles. The number of benzene rings is 2. The van der Waals surface area contributed by atoms with Crippen molar-refractivity contribution in [3.8, 4) is 28.1 Å². The van der Waals surface area contributed by atoms with E-state index in [1.807, 2.05) is 35.9 Å². The van der Waals surface area contributed by atoms with Crippen LogP contribution in [0.3, 0.4) is 0 Å². The average molecular weight is 847 g/mol. The molecule has 0 bridgehead atoms. The van der Waals surface area contributed by atoms with Gasteiger partial charge in [-0.1, -0.05) is 47.5 Å². The van der Waals surface area contributed by atoms with E-state index in [1.165, 1.54) is 0 Å². The predicted octanol–water partition coefficient (Wildman–Crippen LogP) is 7.20. The van der Waals surface area contributed by atoms with Crippen LogP contribution in [0.25, 0.3) is 22.4 Å². The van der Waals surface area contributed by atoms with Crippen LogP contribution < -0.4 is 15.4 Å². The van der Waals surface area contributed by atoms with Gasteiger partial charge < -0.3 is 34.7 Å². The number of pyridine rings is 1. The Morgan fingerprint density at radius 3 is 2.53 bits per heavy atom. The zero-order chi connectivity index (χ0) is 42.2. The third-order valence-electron chi connectivity index (χ3n) is 11.2. The fourth-order valence-electron chi connectivity index (χ4n) is 8.06. The second-order valence-corrected chi connectivity index (χ2v) is 17.3. The molecule has 14 nitrogen and oxygen atoms in total. The van der Waals surface area contributed by atoms with E-state index in [1.54, 1.807) is 57.2 Å². The summed E-state index contributed by atoms with van der Waals surface area (Å²) in [7, 11) is 3.38. The van der Waals surface area contributed by atoms with E-state index >= 15 is 0 Å². The lowest BCUT2D eigenvalue weighted by Crippen LogP contribution is -2.43. The Kier molecular flexibility index (Phi) is 12.2. The first-order chi connectivity index (χ1) is 28.1. The number of carboxylic acid groups (broad SMARTS) is 1. The summed E-state index contributed by atoms with van der Waals surface area (Å²) in [6, 6.07) is 12.4. The molecule has 7 rings (SSSR count). The van der Waals surface area contributed by atoms with Gasteiger partial charge in [-0.3, -0.25) is 24.3 Å². The van der Waals surface area contributed by atoms with Gasteiger partial charge in [0.25, 0.3) is 5.91 Å². The summed E-state index contributed by atoms with van der Waals surface area (Å²) < 4.78 is 13.3. The molecule has 1 saturated heterocycles. The maximum Gasteiger partial charge on any atom is 0.410 e. The second-order valence-electron chi connectivity index (χ2n) is 16.6. The molecule has 2 aromatic heterocycles. The second kappa shape index (κ2) is 17.2. The molecule has 3 N–H and O–H groups in total. The SMILES string of the molecule is COc1cc(-c2nccc(-c3cccc(NC(=O)c4nc5c(n4C)CN(CC4CC(C(=O)O)C4)CC5)c3Cl)c2Cl)ccc1CN(C[C@@H]1CCC(=O)N1)C(=O)OC(C)(C)C. The number of aromatic nitrogens is 3. The maximum atomic E-state index is 13.7. The highest BCUT2D eigenvalue weighted by Crippen LogP contribution is 2.42. The Hall–Kier alpha value is -5.18. The van der Waals surface area contributed by atoms with Crippen molar-refractivity contribution in [2.45, 2.75) is 77.6 Å². The molecule has 312 valence electrons. The van der Waals surface area contributed by atoms with Crippen LogP contribution in [0.15, 0.2) is 48.7 Å². The van der Waals surface area contributed by atoms with Crippen LogP contribution in [-0.2, 0) is 40.9 Å². The number of nitrogens with zero attached hydrogens (tertiary/aromatic N) is 5. The molecule has 2 aliphatic heterocycles. The number of imidazole rings is 1. The minimum absolute atomic E-state index is 0.0404. The van der Waals surface area contributed by atoms with Gasteiger partial charge in [-0.2, -0.15) is 0 Å². The van der Waals surface area contributed by atoms with E-state index in [2.05, 4.69) is 20.5 Å². The van der Waals surface area contributed by atoms with E-state index in [4.69, 9.17) is 37.7 Å². The third kappa shape index (κ3) is 9.35. The van der Waals surface area contributed by atoms with Gasteiger partial charge >= 0.3 is 12.1 Å². The standard InChI is InChI=1S/C43H49Cl2N7O7/c1-43(2,3)59-42(57)52(22-28-11-12-35(53)47-28)21-26-10-9-25(19-34(26)58-5)38-37(45)30(13-15-46-38)29-7-6-8-32(36(29)44)49-40(54)39-48-31-14-16-51(23-33(31)50(39)4)20-24-17-27(18-24)41(55)56/h6-10,13,15,19,24,27-28H,11-12,14,16-18,20-23H2,1-5H3,(H,47,53)(H,49,54)(H,55,56)/t24?,27?,28-/m0/s1. The van der Waals surface area contributed by atoms with Crippen molar-refractivity contribution in [1.29, 1.82) is 0 Å². The number of aliphatic carboxylic acids is 1. The van der Waals surface area contributed by atoms with Crippen LogP contribution in [0.1, 0.15) is 74.0 Å². The number of halogens is 2. The quantitative estimate of drug-likeness (QED) is 0.133. The van der Waals surface area contributed by atoms with Gasteiger partial charge in [-0.15, -0.1) is 0 Å². The van der Waals surface area contributed by atoms with Crippen molar-refractivity contribution in [3.63, 3.8) is 0 Å². The van der Waals surface area contributed by atoms with E-state index in [0.717, 1.165) is 30.0 Å². The number of hydrogen-bond donors (Lipinski definition) is 3. The van der Waals surface area contributed by atoms with Gasteiger partial charge in [0.1, 0.15) is 11.4 Å². The molecule has 0 radical (unpaired) electrons. The fourth-order valence-corrected chi connectivity index (χ4v) is 8.66. The summed E-state index contributed by atoms with van der Waals surface area (Å²) in [5.41, 5.74) is 4.58. The summed E-state index contributed by atoms with van der Waals surface area (Å²) >= 11 is 14.1. The predicted molar refractivity (Wildman–Crippen MR) is 223 cm³/mol. The Morgan fingerprint density at radius 1 is 1.07 bits per heavy atom. The summed E-state index contributed by atoms with van der Waals surface area (Å²) in [5.74, 6) is -0.256. The molecule has 2 fully saturated rings. The number of anilines is 1. The van der Waals surface area contributed by atoms with E-state index in [-0.39, 0.29) is 36.8 Å².